The zero-order valence-electron chi connectivity index (χ0n) is 17.2. The molecule has 0 aliphatic rings. The second-order valence-electron chi connectivity index (χ2n) is 6.39. The Morgan fingerprint density at radius 1 is 0.966 bits per heavy atom. The van der Waals surface area contributed by atoms with Gasteiger partial charge in [-0.2, -0.15) is 0 Å². The summed E-state index contributed by atoms with van der Waals surface area (Å²) in [5.74, 6) is 0.102. The highest BCUT2D eigenvalue weighted by Crippen LogP contribution is 2.55. The van der Waals surface area contributed by atoms with Crippen molar-refractivity contribution in [1.29, 1.82) is 0 Å². The Bertz CT molecular complexity index is 798. The Hall–Kier alpha value is -2.14. The molecule has 2 aromatic rings. The first-order chi connectivity index (χ1) is 14.0. The maximum absolute atomic E-state index is 13.0. The van der Waals surface area contributed by atoms with E-state index in [0.29, 0.717) is 19.3 Å². The molecule has 0 saturated heterocycles. The van der Waals surface area contributed by atoms with E-state index in [1.54, 1.807) is 13.8 Å². The maximum atomic E-state index is 13.0. The van der Waals surface area contributed by atoms with Crippen molar-refractivity contribution in [2.45, 2.75) is 45.9 Å². The second kappa shape index (κ2) is 11.8. The van der Waals surface area contributed by atoms with Crippen molar-refractivity contribution in [2.75, 3.05) is 13.2 Å². The van der Waals surface area contributed by atoms with Gasteiger partial charge in [0, 0.05) is 6.92 Å². The summed E-state index contributed by atoms with van der Waals surface area (Å²) in [6.07, 6.45) is 1.74. The minimum atomic E-state index is -3.53. The number of benzene rings is 2. The first-order valence-corrected chi connectivity index (χ1v) is 11.5. The van der Waals surface area contributed by atoms with E-state index in [9.17, 15) is 9.36 Å². The molecule has 0 aromatic heterocycles. The summed E-state index contributed by atoms with van der Waals surface area (Å²) < 4.78 is 34.9. The zero-order valence-corrected chi connectivity index (χ0v) is 18.1. The third-order valence-electron chi connectivity index (χ3n) is 4.07. The van der Waals surface area contributed by atoms with Crippen LogP contribution in [0, 0.1) is 0 Å². The van der Waals surface area contributed by atoms with Crippen LogP contribution in [0.25, 0.3) is 0 Å². The van der Waals surface area contributed by atoms with Gasteiger partial charge in [-0.3, -0.25) is 9.36 Å². The Morgan fingerprint density at radius 3 is 2.24 bits per heavy atom. The molecule has 0 aliphatic heterocycles. The largest absolute Gasteiger partial charge is 0.457 e. The van der Waals surface area contributed by atoms with Crippen molar-refractivity contribution in [3.05, 3.63) is 60.2 Å². The van der Waals surface area contributed by atoms with Crippen molar-refractivity contribution in [3.8, 4) is 11.5 Å². The number of carbonyl (C=O) groups is 1. The normalized spacial score (nSPS) is 12.4. The van der Waals surface area contributed by atoms with Gasteiger partial charge in [-0.05, 0) is 62.9 Å². The monoisotopic (exact) mass is 420 g/mol. The molecule has 29 heavy (non-hydrogen) atoms. The Morgan fingerprint density at radius 2 is 1.62 bits per heavy atom. The van der Waals surface area contributed by atoms with Gasteiger partial charge in [0.05, 0.1) is 13.2 Å². The first-order valence-electron chi connectivity index (χ1n) is 9.84. The molecule has 7 heteroatoms. The zero-order chi connectivity index (χ0) is 21.1. The van der Waals surface area contributed by atoms with Crippen LogP contribution < -0.4 is 4.74 Å². The molecule has 0 saturated carbocycles. The molecular formula is C22H29O6P. The summed E-state index contributed by atoms with van der Waals surface area (Å²) in [5, 5.41) is 0. The minimum absolute atomic E-state index is 0.216. The predicted molar refractivity (Wildman–Crippen MR) is 112 cm³/mol. The van der Waals surface area contributed by atoms with Crippen molar-refractivity contribution < 1.29 is 27.9 Å². The lowest BCUT2D eigenvalue weighted by atomic mass is 10.1. The third kappa shape index (κ3) is 7.65. The molecule has 2 rings (SSSR count). The molecule has 0 amide bonds. The fourth-order valence-electron chi connectivity index (χ4n) is 2.91. The molecule has 0 radical (unpaired) electrons. The van der Waals surface area contributed by atoms with E-state index in [1.165, 1.54) is 6.92 Å². The standard InChI is InChI=1S/C22H29O6P/c1-4-25-29(24,26-5-2)22(27-18(3)23)16-10-12-19-11-9-15-21(17-19)28-20-13-7-6-8-14-20/h6-9,11,13-15,17,22H,4-5,10,12,16H2,1-3H3. The maximum Gasteiger partial charge on any atom is 0.370 e. The van der Waals surface area contributed by atoms with Crippen LogP contribution in [0.15, 0.2) is 54.6 Å². The van der Waals surface area contributed by atoms with E-state index >= 15 is 0 Å². The van der Waals surface area contributed by atoms with Crippen LogP contribution in [0.5, 0.6) is 11.5 Å². The SMILES string of the molecule is CCOP(=O)(OCC)C(CCCc1cccc(Oc2ccccc2)c1)OC(C)=O. The Balaban J connectivity index is 2.00. The van der Waals surface area contributed by atoms with Crippen LogP contribution in [-0.2, 0) is 29.6 Å². The van der Waals surface area contributed by atoms with E-state index in [0.717, 1.165) is 17.1 Å². The molecule has 0 N–H and O–H groups in total. The number of esters is 1. The van der Waals surface area contributed by atoms with Gasteiger partial charge in [0.2, 0.25) is 5.85 Å². The molecule has 1 atom stereocenters. The molecular weight excluding hydrogens is 391 g/mol. The highest BCUT2D eigenvalue weighted by atomic mass is 31.2. The molecule has 0 spiro atoms. The van der Waals surface area contributed by atoms with Gasteiger partial charge >= 0.3 is 13.6 Å². The van der Waals surface area contributed by atoms with Gasteiger partial charge in [0.25, 0.3) is 0 Å². The smallest absolute Gasteiger partial charge is 0.370 e. The fraction of sp³-hybridized carbons (Fsp3) is 0.409. The molecule has 0 fully saturated rings. The molecule has 158 valence electrons. The van der Waals surface area contributed by atoms with E-state index in [2.05, 4.69) is 0 Å². The van der Waals surface area contributed by atoms with Crippen LogP contribution in [-0.4, -0.2) is 25.0 Å². The summed E-state index contributed by atoms with van der Waals surface area (Å²) >= 11 is 0. The fourth-order valence-corrected chi connectivity index (χ4v) is 4.81. The number of carbonyl (C=O) groups excluding carboxylic acids is 1. The number of ether oxygens (including phenoxy) is 2. The predicted octanol–water partition coefficient (Wildman–Crippen LogP) is 5.96. The summed E-state index contributed by atoms with van der Waals surface area (Å²) in [4.78, 5) is 11.5. The summed E-state index contributed by atoms with van der Waals surface area (Å²) in [7, 11) is -3.53. The Labute approximate surface area is 172 Å². The lowest BCUT2D eigenvalue weighted by Crippen LogP contribution is -2.20. The average molecular weight is 420 g/mol. The van der Waals surface area contributed by atoms with Crippen LogP contribution in [0.2, 0.25) is 0 Å². The van der Waals surface area contributed by atoms with Gasteiger partial charge in [-0.15, -0.1) is 0 Å². The van der Waals surface area contributed by atoms with E-state index in [4.69, 9.17) is 18.5 Å². The van der Waals surface area contributed by atoms with E-state index < -0.39 is 19.4 Å². The minimum Gasteiger partial charge on any atom is -0.457 e. The number of para-hydroxylation sites is 1. The highest BCUT2D eigenvalue weighted by Gasteiger charge is 2.37. The van der Waals surface area contributed by atoms with Crippen LogP contribution >= 0.6 is 7.60 Å². The van der Waals surface area contributed by atoms with Crippen LogP contribution in [0.3, 0.4) is 0 Å². The lowest BCUT2D eigenvalue weighted by molar-refractivity contribution is -0.144. The van der Waals surface area contributed by atoms with E-state index in [-0.39, 0.29) is 13.2 Å². The average Bonchev–Trinajstić information content (AvgIpc) is 2.68. The highest BCUT2D eigenvalue weighted by molar-refractivity contribution is 7.54. The van der Waals surface area contributed by atoms with Crippen molar-refractivity contribution in [2.24, 2.45) is 0 Å². The molecule has 0 heterocycles. The van der Waals surface area contributed by atoms with Gasteiger partial charge in [0.15, 0.2) is 0 Å². The second-order valence-corrected chi connectivity index (χ2v) is 8.57. The lowest BCUT2D eigenvalue weighted by Gasteiger charge is -2.25. The molecule has 1 unspecified atom stereocenters. The quantitative estimate of drug-likeness (QED) is 0.312. The summed E-state index contributed by atoms with van der Waals surface area (Å²) in [6, 6.07) is 17.4. The topological polar surface area (TPSA) is 71.1 Å². The summed E-state index contributed by atoms with van der Waals surface area (Å²) in [6.45, 7) is 5.19. The van der Waals surface area contributed by atoms with Gasteiger partial charge in [-0.1, -0.05) is 30.3 Å². The number of hydrogen-bond donors (Lipinski definition) is 0. The van der Waals surface area contributed by atoms with Crippen molar-refractivity contribution >= 4 is 13.6 Å². The first kappa shape index (κ1) is 23.1. The third-order valence-corrected chi connectivity index (χ3v) is 6.37. The van der Waals surface area contributed by atoms with E-state index in [1.807, 2.05) is 54.6 Å². The molecule has 2 aromatic carbocycles. The summed E-state index contributed by atoms with van der Waals surface area (Å²) in [5.41, 5.74) is 1.07. The molecule has 0 bridgehead atoms. The van der Waals surface area contributed by atoms with Crippen molar-refractivity contribution in [3.63, 3.8) is 0 Å². The molecule has 0 aliphatic carbocycles. The number of aryl methyl sites for hydroxylation is 1. The Kier molecular flexibility index (Phi) is 9.39. The van der Waals surface area contributed by atoms with Crippen molar-refractivity contribution in [1.82, 2.24) is 0 Å². The molecule has 6 nitrogen and oxygen atoms in total. The van der Waals surface area contributed by atoms with Gasteiger partial charge in [0.1, 0.15) is 11.5 Å². The van der Waals surface area contributed by atoms with Gasteiger partial charge < -0.3 is 18.5 Å². The van der Waals surface area contributed by atoms with Crippen LogP contribution in [0.4, 0.5) is 0 Å². The van der Waals surface area contributed by atoms with Gasteiger partial charge in [-0.25, -0.2) is 0 Å². The van der Waals surface area contributed by atoms with Crippen LogP contribution in [0.1, 0.15) is 39.2 Å². The number of hydrogen-bond acceptors (Lipinski definition) is 6. The number of rotatable bonds is 12.